The number of amides is 4. The van der Waals surface area contributed by atoms with E-state index in [0.29, 0.717) is 42.5 Å². The van der Waals surface area contributed by atoms with Crippen LogP contribution in [0.3, 0.4) is 0 Å². The molecule has 2 aliphatic carbocycles. The van der Waals surface area contributed by atoms with Crippen molar-refractivity contribution in [3.63, 3.8) is 0 Å². The fraction of sp³-hybridized carbons (Fsp3) is 0.429. The molecule has 0 spiro atoms. The summed E-state index contributed by atoms with van der Waals surface area (Å²) in [6.45, 7) is 0.184. The van der Waals surface area contributed by atoms with E-state index in [-0.39, 0.29) is 96.5 Å². The van der Waals surface area contributed by atoms with Crippen molar-refractivity contribution in [3.05, 3.63) is 133 Å². The van der Waals surface area contributed by atoms with Gasteiger partial charge in [0.05, 0.1) is 40.6 Å². The number of allylic oxidation sites excluding steroid dienone is 2. The number of anilines is 2. The van der Waals surface area contributed by atoms with Crippen molar-refractivity contribution in [1.82, 2.24) is 30.4 Å². The van der Waals surface area contributed by atoms with Gasteiger partial charge in [-0.3, -0.25) is 19.2 Å². The van der Waals surface area contributed by atoms with Gasteiger partial charge in [-0.25, -0.2) is 37.1 Å². The molecular weight excluding hydrogens is 1210 g/mol. The fourth-order valence-electron chi connectivity index (χ4n) is 12.1. The Labute approximate surface area is 540 Å². The van der Waals surface area contributed by atoms with Crippen molar-refractivity contribution < 1.29 is 101 Å². The van der Waals surface area contributed by atoms with Crippen molar-refractivity contribution in [2.45, 2.75) is 137 Å². The minimum atomic E-state index is -1.42. The van der Waals surface area contributed by atoms with Gasteiger partial charge in [-0.2, -0.15) is 0 Å². The quantitative estimate of drug-likeness (QED) is 0.0415. The first kappa shape index (κ1) is 66.3. The largest absolute Gasteiger partial charge is 1.00 e. The SMILES string of the molecule is COC(=O)[C@@]12C[C@H]1/C=C\CCCCC[C@H](Nc1ccc(F)c(F)c1)C(=O)N1C[C@H](Oc3nc4ccccc4s3)C[C@H]1C(=O)N2.O=C1N[C@]2(C(=O)O)C[C@H]2/C=C\CCCCC[C@H](Nc2ccc(F)c(F)c2)C(=O)N2C[C@H](Oc3nc4ccccc4s3)C[C@@H]12.[Na+].[OH-]. The molecule has 10 atom stereocenters. The maximum absolute atomic E-state index is 14.2. The smallest absolute Gasteiger partial charge is 0.870 e. The van der Waals surface area contributed by atoms with E-state index in [4.69, 9.17) is 14.2 Å². The van der Waals surface area contributed by atoms with Gasteiger partial charge in [0, 0.05) is 48.2 Å². The van der Waals surface area contributed by atoms with Crippen LogP contribution in [0.5, 0.6) is 10.4 Å². The number of aromatic nitrogens is 2. The van der Waals surface area contributed by atoms with Gasteiger partial charge in [0.25, 0.3) is 10.4 Å². The van der Waals surface area contributed by atoms with Crippen molar-refractivity contribution in [2.75, 3.05) is 30.8 Å². The summed E-state index contributed by atoms with van der Waals surface area (Å²) in [6.07, 6.45) is 14.8. The molecule has 0 radical (unpaired) electrons. The van der Waals surface area contributed by atoms with E-state index < -0.39 is 100 Å². The third-order valence-corrected chi connectivity index (χ3v) is 18.9. The van der Waals surface area contributed by atoms with Crippen LogP contribution >= 0.6 is 22.7 Å². The molecule has 2 aromatic heterocycles. The molecule has 4 fully saturated rings. The molecule has 466 valence electrons. The number of ether oxygens (including phenoxy) is 3. The second-order valence-corrected chi connectivity index (χ2v) is 25.0. The molecule has 6 N–H and O–H groups in total. The number of carbonyl (C=O) groups is 6. The van der Waals surface area contributed by atoms with E-state index in [2.05, 4.69) is 31.2 Å². The summed E-state index contributed by atoms with van der Waals surface area (Å²) in [5, 5.41) is 22.7. The number of hydrogen-bond acceptors (Lipinski definition) is 16. The van der Waals surface area contributed by atoms with Crippen LogP contribution in [0.4, 0.5) is 28.9 Å². The minimum absolute atomic E-state index is 0. The Morgan fingerprint density at radius 1 is 0.618 bits per heavy atom. The number of carbonyl (C=O) groups excluding carboxylic acids is 5. The summed E-state index contributed by atoms with van der Waals surface area (Å²) >= 11 is 2.74. The van der Waals surface area contributed by atoms with Crippen LogP contribution in [-0.4, -0.2) is 134 Å². The molecule has 12 rings (SSSR count). The summed E-state index contributed by atoms with van der Waals surface area (Å²) in [5.41, 5.74) is -0.541. The molecule has 6 aromatic rings. The van der Waals surface area contributed by atoms with Crippen LogP contribution < -0.4 is 60.3 Å². The van der Waals surface area contributed by atoms with E-state index in [1.807, 2.05) is 72.8 Å². The van der Waals surface area contributed by atoms with Crippen LogP contribution in [0.1, 0.15) is 89.9 Å². The third kappa shape index (κ3) is 15.0. The molecule has 6 heterocycles. The van der Waals surface area contributed by atoms with Gasteiger partial charge in [0.1, 0.15) is 47.5 Å². The van der Waals surface area contributed by atoms with Crippen molar-refractivity contribution in [2.24, 2.45) is 11.8 Å². The molecule has 4 aromatic carbocycles. The van der Waals surface area contributed by atoms with E-state index in [1.54, 1.807) is 0 Å². The summed E-state index contributed by atoms with van der Waals surface area (Å²) in [5.74, 6) is -8.03. The van der Waals surface area contributed by atoms with E-state index in [9.17, 15) is 51.4 Å². The fourth-order valence-corrected chi connectivity index (χ4v) is 13.9. The maximum atomic E-state index is 14.2. The number of thiazole rings is 2. The Kier molecular flexibility index (Phi) is 21.4. The second-order valence-electron chi connectivity index (χ2n) is 23.0. The molecule has 0 bridgehead atoms. The zero-order valence-electron chi connectivity index (χ0n) is 49.0. The van der Waals surface area contributed by atoms with Crippen molar-refractivity contribution >= 4 is 90.0 Å². The first-order valence-electron chi connectivity index (χ1n) is 29.4. The Bertz CT molecular complexity index is 3590. The molecule has 26 heteroatoms. The Hall–Kier alpha value is -7.16. The molecule has 89 heavy (non-hydrogen) atoms. The molecule has 6 aliphatic rings. The van der Waals surface area contributed by atoms with Crippen LogP contribution in [0.2, 0.25) is 0 Å². The molecule has 2 saturated carbocycles. The van der Waals surface area contributed by atoms with Crippen molar-refractivity contribution in [1.29, 1.82) is 0 Å². The van der Waals surface area contributed by atoms with Gasteiger partial charge in [-0.15, -0.1) is 0 Å². The average molecular weight is 1280 g/mol. The second kappa shape index (κ2) is 28.8. The number of esters is 1. The molecular formula is C63H67F4N8NaO11S2. The minimum Gasteiger partial charge on any atom is -0.870 e. The van der Waals surface area contributed by atoms with E-state index >= 15 is 0 Å². The van der Waals surface area contributed by atoms with Gasteiger partial charge in [0.15, 0.2) is 23.3 Å². The number of carboxylic acids is 1. The van der Waals surface area contributed by atoms with Crippen LogP contribution in [-0.2, 0) is 33.5 Å². The van der Waals surface area contributed by atoms with Gasteiger partial charge in [-0.05, 0) is 99.9 Å². The molecule has 4 amide bonds. The number of aliphatic carboxylic acids is 1. The topological polar surface area (TPSA) is 261 Å². The Morgan fingerprint density at radius 2 is 1.06 bits per heavy atom. The summed E-state index contributed by atoms with van der Waals surface area (Å²) < 4.78 is 74.7. The number of nitrogens with zero attached hydrogens (tertiary/aromatic N) is 4. The summed E-state index contributed by atoms with van der Waals surface area (Å²) in [7, 11) is 1.29. The average Bonchev–Trinajstić information content (AvgIpc) is 1.64. The predicted octanol–water partition coefficient (Wildman–Crippen LogP) is 6.68. The van der Waals surface area contributed by atoms with Gasteiger partial charge in [0.2, 0.25) is 23.6 Å². The van der Waals surface area contributed by atoms with Crippen LogP contribution in [0.25, 0.3) is 20.4 Å². The van der Waals surface area contributed by atoms with E-state index in [0.717, 1.165) is 83.2 Å². The number of fused-ring (bicyclic) bond motifs is 6. The van der Waals surface area contributed by atoms with Gasteiger partial charge < -0.3 is 55.9 Å². The Balaban J connectivity index is 0.000000207. The number of hydrogen-bond donors (Lipinski definition) is 5. The standard InChI is InChI=1S/C32H34F2N4O5S.C31H32F2N4O5S.Na.H2O/c1-42-30(41)32-17-19(32)9-5-3-2-4-6-11-25(35-20-13-14-22(33)23(34)15-20)29(40)38-18-21(16-26(38)28(39)37-32)43-31-36-24-10-7-8-12-27(24)44-31;32-21-13-12-19(14-22(21)33)34-24-10-5-3-1-2-4-8-18-16-31(18,29(40)41)36-27(38)25-15-20(17-37(25)28(24)39)42-30-35-23-9-6-7-11-26(23)43-30;;/h5,7-10,12-15,19,21,25-26,35H,2-4,6,11,16-18H2,1H3,(H,37,39);4,6-9,11-14,18,20,24-25,34H,1-3,5,10,15-17H2,(H,36,38)(H,40,41);;1H2/q;;+1;/p-1/b9-5-;8-4-;;/t19-,21-,25+,26+,32-;18-,20-,24+,25+,31-;;/m11../s1. The zero-order valence-corrected chi connectivity index (χ0v) is 52.6. The number of rotatable bonds is 10. The number of para-hydroxylation sites is 2. The van der Waals surface area contributed by atoms with Gasteiger partial charge >= 0.3 is 41.5 Å². The number of benzene rings is 4. The normalized spacial score (nSPS) is 27.8. The number of nitrogens with one attached hydrogen (secondary N) is 4. The zero-order chi connectivity index (χ0) is 61.0. The summed E-state index contributed by atoms with van der Waals surface area (Å²) in [4.78, 5) is 93.1. The maximum Gasteiger partial charge on any atom is 1.00 e. The first-order chi connectivity index (χ1) is 42.0. The Morgan fingerprint density at radius 3 is 1.49 bits per heavy atom. The number of halogens is 4. The molecule has 0 unspecified atom stereocenters. The third-order valence-electron chi connectivity index (χ3n) is 17.0. The first-order valence-corrected chi connectivity index (χ1v) is 31.0. The molecule has 4 aliphatic heterocycles. The molecule has 19 nitrogen and oxygen atoms in total. The number of methoxy groups -OCH3 is 1. The molecule has 2 saturated heterocycles. The summed E-state index contributed by atoms with van der Waals surface area (Å²) in [6, 6.07) is 18.4. The van der Waals surface area contributed by atoms with Gasteiger partial charge in [-0.1, -0.05) is 96.9 Å². The monoisotopic (exact) mass is 1270 g/mol. The predicted molar refractivity (Wildman–Crippen MR) is 320 cm³/mol. The van der Waals surface area contributed by atoms with Crippen LogP contribution in [0, 0.1) is 35.1 Å². The van der Waals surface area contributed by atoms with Crippen molar-refractivity contribution in [3.8, 4) is 10.4 Å². The van der Waals surface area contributed by atoms with E-state index in [1.165, 1.54) is 51.7 Å². The number of carboxylic acid groups (broad SMARTS) is 1. The van der Waals surface area contributed by atoms with Crippen LogP contribution in [0.15, 0.2) is 109 Å².